The van der Waals surface area contributed by atoms with E-state index in [-0.39, 0.29) is 29.6 Å². The Bertz CT molecular complexity index is 1070. The second-order valence-electron chi connectivity index (χ2n) is 7.44. The van der Waals surface area contributed by atoms with Crippen molar-refractivity contribution in [3.63, 3.8) is 0 Å². The number of benzene rings is 1. The zero-order chi connectivity index (χ0) is 21.3. The van der Waals surface area contributed by atoms with E-state index in [4.69, 9.17) is 0 Å². The van der Waals surface area contributed by atoms with Crippen molar-refractivity contribution >= 4 is 35.2 Å². The van der Waals surface area contributed by atoms with Crippen molar-refractivity contribution in [1.29, 1.82) is 0 Å². The molecule has 154 valence electrons. The minimum Gasteiger partial charge on any atom is -0.341 e. The maximum absolute atomic E-state index is 12.5. The molecule has 2 aromatic rings. The number of amides is 3. The highest BCUT2D eigenvalue weighted by molar-refractivity contribution is 6.39. The van der Waals surface area contributed by atoms with Crippen LogP contribution in [0, 0.1) is 12.8 Å². The average Bonchev–Trinajstić information content (AvgIpc) is 3.35. The molecule has 1 fully saturated rings. The van der Waals surface area contributed by atoms with E-state index in [2.05, 4.69) is 25.7 Å². The van der Waals surface area contributed by atoms with Crippen molar-refractivity contribution in [2.24, 2.45) is 15.9 Å². The normalized spacial score (nSPS) is 18.9. The summed E-state index contributed by atoms with van der Waals surface area (Å²) in [6.45, 7) is 3.53. The van der Waals surface area contributed by atoms with Crippen LogP contribution in [0.1, 0.15) is 43.5 Å². The van der Waals surface area contributed by atoms with E-state index in [1.165, 1.54) is 4.68 Å². The SMILES string of the molecule is Cc1cc(NC(=O)C(=O)NC(C)c2ccccc2)n(C2=NC(=O)C3CCCC3=N2)n1. The van der Waals surface area contributed by atoms with Crippen LogP contribution in [0.5, 0.6) is 0 Å². The Labute approximate surface area is 173 Å². The Morgan fingerprint density at radius 1 is 1.17 bits per heavy atom. The zero-order valence-corrected chi connectivity index (χ0v) is 16.8. The van der Waals surface area contributed by atoms with Crippen molar-refractivity contribution in [2.75, 3.05) is 5.32 Å². The smallest absolute Gasteiger partial charge is 0.314 e. The van der Waals surface area contributed by atoms with Crippen LogP contribution in [-0.2, 0) is 14.4 Å². The van der Waals surface area contributed by atoms with Crippen LogP contribution in [0.15, 0.2) is 46.4 Å². The summed E-state index contributed by atoms with van der Waals surface area (Å²) in [5.41, 5.74) is 2.27. The highest BCUT2D eigenvalue weighted by atomic mass is 16.2. The summed E-state index contributed by atoms with van der Waals surface area (Å²) in [4.78, 5) is 45.7. The molecule has 9 nitrogen and oxygen atoms in total. The maximum Gasteiger partial charge on any atom is 0.314 e. The maximum atomic E-state index is 12.5. The van der Waals surface area contributed by atoms with Gasteiger partial charge in [-0.1, -0.05) is 30.3 Å². The molecule has 0 radical (unpaired) electrons. The third-order valence-electron chi connectivity index (χ3n) is 5.20. The minimum absolute atomic E-state index is 0.106. The van der Waals surface area contributed by atoms with Gasteiger partial charge in [0, 0.05) is 11.8 Å². The quantitative estimate of drug-likeness (QED) is 0.758. The van der Waals surface area contributed by atoms with Crippen LogP contribution >= 0.6 is 0 Å². The van der Waals surface area contributed by atoms with Crippen molar-refractivity contribution in [3.05, 3.63) is 47.7 Å². The number of carbonyl (C=O) groups excluding carboxylic acids is 3. The van der Waals surface area contributed by atoms with E-state index in [0.29, 0.717) is 5.69 Å². The fourth-order valence-corrected chi connectivity index (χ4v) is 3.65. The summed E-state index contributed by atoms with van der Waals surface area (Å²) >= 11 is 0. The van der Waals surface area contributed by atoms with Gasteiger partial charge in [0.15, 0.2) is 0 Å². The topological polar surface area (TPSA) is 118 Å². The molecule has 9 heteroatoms. The highest BCUT2D eigenvalue weighted by Crippen LogP contribution is 2.27. The van der Waals surface area contributed by atoms with E-state index in [1.54, 1.807) is 19.9 Å². The molecular weight excluding hydrogens is 384 g/mol. The van der Waals surface area contributed by atoms with Gasteiger partial charge in [-0.05, 0) is 38.7 Å². The summed E-state index contributed by atoms with van der Waals surface area (Å²) in [6.07, 6.45) is 2.41. The van der Waals surface area contributed by atoms with Crippen LogP contribution in [0.4, 0.5) is 5.82 Å². The molecule has 1 aromatic heterocycles. The Hall–Kier alpha value is -3.62. The van der Waals surface area contributed by atoms with Gasteiger partial charge in [-0.15, -0.1) is 0 Å². The van der Waals surface area contributed by atoms with Gasteiger partial charge >= 0.3 is 11.8 Å². The number of anilines is 1. The summed E-state index contributed by atoms with van der Waals surface area (Å²) in [6, 6.07) is 10.6. The number of aromatic nitrogens is 2. The van der Waals surface area contributed by atoms with Crippen LogP contribution in [0.25, 0.3) is 0 Å². The number of hydrogen-bond donors (Lipinski definition) is 2. The predicted octanol–water partition coefficient (Wildman–Crippen LogP) is 1.99. The van der Waals surface area contributed by atoms with Crippen LogP contribution in [0.2, 0.25) is 0 Å². The van der Waals surface area contributed by atoms with Gasteiger partial charge in [0.1, 0.15) is 5.82 Å². The van der Waals surface area contributed by atoms with Crippen molar-refractivity contribution in [2.45, 2.75) is 39.2 Å². The molecule has 4 rings (SSSR count). The van der Waals surface area contributed by atoms with Crippen LogP contribution in [-0.4, -0.2) is 39.2 Å². The number of aryl methyl sites for hydroxylation is 1. The molecular formula is C21H22N6O3. The number of nitrogens with zero attached hydrogens (tertiary/aromatic N) is 4. The monoisotopic (exact) mass is 406 g/mol. The second-order valence-corrected chi connectivity index (χ2v) is 7.44. The number of nitrogens with one attached hydrogen (secondary N) is 2. The Morgan fingerprint density at radius 2 is 1.93 bits per heavy atom. The third-order valence-corrected chi connectivity index (χ3v) is 5.20. The molecule has 0 saturated heterocycles. The third kappa shape index (κ3) is 3.91. The van der Waals surface area contributed by atoms with E-state index >= 15 is 0 Å². The largest absolute Gasteiger partial charge is 0.341 e. The molecule has 2 heterocycles. The van der Waals surface area contributed by atoms with Crippen LogP contribution in [0.3, 0.4) is 0 Å². The molecule has 0 spiro atoms. The zero-order valence-electron chi connectivity index (χ0n) is 16.8. The van der Waals surface area contributed by atoms with Gasteiger partial charge in [0.2, 0.25) is 0 Å². The summed E-state index contributed by atoms with van der Waals surface area (Å²) in [5, 5.41) is 9.50. The van der Waals surface area contributed by atoms with Gasteiger partial charge in [-0.25, -0.2) is 4.99 Å². The molecule has 0 bridgehead atoms. The Kier molecular flexibility index (Phi) is 5.26. The van der Waals surface area contributed by atoms with Crippen molar-refractivity contribution < 1.29 is 14.4 Å². The van der Waals surface area contributed by atoms with Gasteiger partial charge in [0.05, 0.1) is 17.7 Å². The number of rotatable bonds is 3. The van der Waals surface area contributed by atoms with E-state index in [0.717, 1.165) is 30.5 Å². The minimum atomic E-state index is -0.840. The molecule has 2 N–H and O–H groups in total. The first kappa shape index (κ1) is 19.7. The molecule has 2 aliphatic rings. The number of hydrogen-bond acceptors (Lipinski definition) is 5. The molecule has 2 atom stereocenters. The van der Waals surface area contributed by atoms with E-state index < -0.39 is 11.8 Å². The molecule has 1 saturated carbocycles. The number of carbonyl (C=O) groups is 3. The first-order chi connectivity index (χ1) is 14.4. The summed E-state index contributed by atoms with van der Waals surface area (Å²) in [5.74, 6) is -1.77. The van der Waals surface area contributed by atoms with Crippen LogP contribution < -0.4 is 10.6 Å². The molecule has 1 aromatic carbocycles. The Balaban J connectivity index is 1.50. The lowest BCUT2D eigenvalue weighted by molar-refractivity contribution is -0.136. The molecule has 3 amide bonds. The highest BCUT2D eigenvalue weighted by Gasteiger charge is 2.33. The lowest BCUT2D eigenvalue weighted by Gasteiger charge is -2.16. The van der Waals surface area contributed by atoms with E-state index in [9.17, 15) is 14.4 Å². The fourth-order valence-electron chi connectivity index (χ4n) is 3.65. The fraction of sp³-hybridized carbons (Fsp3) is 0.333. The first-order valence-corrected chi connectivity index (χ1v) is 9.86. The first-order valence-electron chi connectivity index (χ1n) is 9.86. The molecule has 2 unspecified atom stereocenters. The molecule has 1 aliphatic heterocycles. The standard InChI is InChI=1S/C21H22N6O3/c1-12-11-17(24-20(30)19(29)22-13(2)14-7-4-3-5-8-14)27(26-12)21-23-16-10-6-9-15(16)18(28)25-21/h3-5,7-8,11,13,15H,6,9-10H2,1-2H3,(H,22,29)(H,24,30). The van der Waals surface area contributed by atoms with E-state index in [1.807, 2.05) is 30.3 Å². The number of fused-ring (bicyclic) bond motifs is 1. The van der Waals surface area contributed by atoms with Gasteiger partial charge in [-0.3, -0.25) is 14.4 Å². The summed E-state index contributed by atoms with van der Waals surface area (Å²) < 4.78 is 1.29. The van der Waals surface area contributed by atoms with Crippen molar-refractivity contribution in [3.8, 4) is 0 Å². The van der Waals surface area contributed by atoms with Gasteiger partial charge in [-0.2, -0.15) is 14.8 Å². The Morgan fingerprint density at radius 3 is 2.70 bits per heavy atom. The second kappa shape index (κ2) is 8.02. The van der Waals surface area contributed by atoms with Crippen molar-refractivity contribution in [1.82, 2.24) is 15.1 Å². The molecule has 30 heavy (non-hydrogen) atoms. The number of aliphatic imine (C=N–C) groups is 2. The summed E-state index contributed by atoms with van der Waals surface area (Å²) in [7, 11) is 0. The predicted molar refractivity (Wildman–Crippen MR) is 111 cm³/mol. The molecule has 1 aliphatic carbocycles. The lowest BCUT2D eigenvalue weighted by Crippen LogP contribution is -2.37. The van der Waals surface area contributed by atoms with Gasteiger partial charge < -0.3 is 10.6 Å². The average molecular weight is 406 g/mol. The lowest BCUT2D eigenvalue weighted by atomic mass is 10.1. The van der Waals surface area contributed by atoms with Gasteiger partial charge in [0.25, 0.3) is 11.9 Å².